The van der Waals surface area contributed by atoms with E-state index >= 15 is 0 Å². The van der Waals surface area contributed by atoms with E-state index in [-0.39, 0.29) is 11.2 Å². The Morgan fingerprint density at radius 1 is 1.33 bits per heavy atom. The second-order valence-corrected chi connectivity index (χ2v) is 5.51. The number of benzene rings is 1. The number of halogens is 1. The van der Waals surface area contributed by atoms with E-state index < -0.39 is 0 Å². The molecular formula is C15H19FN2. The summed E-state index contributed by atoms with van der Waals surface area (Å²) in [6.07, 6.45) is 4.68. The zero-order chi connectivity index (χ0) is 12.8. The largest absolute Gasteiger partial charge is 0.358 e. The maximum Gasteiger partial charge on any atom is 0.123 e. The molecule has 1 aliphatic rings. The lowest BCUT2D eigenvalue weighted by Crippen LogP contribution is -2.32. The molecule has 0 saturated heterocycles. The van der Waals surface area contributed by atoms with Crippen LogP contribution < -0.4 is 5.73 Å². The Kier molecular flexibility index (Phi) is 2.67. The van der Waals surface area contributed by atoms with Crippen LogP contribution in [0.1, 0.15) is 36.9 Å². The van der Waals surface area contributed by atoms with E-state index in [9.17, 15) is 4.39 Å². The monoisotopic (exact) mass is 246 g/mol. The number of rotatable bonds is 2. The number of fused-ring (bicyclic) bond motifs is 1. The standard InChI is InChI=1S/C15H19FN2/c1-10-14(15(9-17)6-2-3-7-15)12-8-11(16)4-5-13(12)18-10/h4-5,8,18H,2-3,6-7,9,17H2,1H3. The molecule has 3 heteroatoms. The van der Waals surface area contributed by atoms with E-state index in [4.69, 9.17) is 5.73 Å². The van der Waals surface area contributed by atoms with Crippen LogP contribution in [0.3, 0.4) is 0 Å². The van der Waals surface area contributed by atoms with E-state index in [1.807, 2.05) is 6.07 Å². The summed E-state index contributed by atoms with van der Waals surface area (Å²) in [7, 11) is 0. The predicted molar refractivity (Wildman–Crippen MR) is 72.2 cm³/mol. The van der Waals surface area contributed by atoms with Crippen molar-refractivity contribution in [2.24, 2.45) is 5.73 Å². The van der Waals surface area contributed by atoms with Crippen LogP contribution in [0.25, 0.3) is 10.9 Å². The van der Waals surface area contributed by atoms with Crippen molar-refractivity contribution in [3.63, 3.8) is 0 Å². The van der Waals surface area contributed by atoms with Gasteiger partial charge in [0.2, 0.25) is 0 Å². The van der Waals surface area contributed by atoms with Crippen LogP contribution in [0, 0.1) is 12.7 Å². The van der Waals surface area contributed by atoms with Crippen molar-refractivity contribution in [1.82, 2.24) is 4.98 Å². The first-order valence-corrected chi connectivity index (χ1v) is 6.65. The topological polar surface area (TPSA) is 41.8 Å². The number of nitrogens with two attached hydrogens (primary N) is 1. The van der Waals surface area contributed by atoms with Gasteiger partial charge in [0.05, 0.1) is 0 Å². The summed E-state index contributed by atoms with van der Waals surface area (Å²) < 4.78 is 13.5. The van der Waals surface area contributed by atoms with Gasteiger partial charge in [-0.05, 0) is 43.5 Å². The Morgan fingerprint density at radius 2 is 2.06 bits per heavy atom. The lowest BCUT2D eigenvalue weighted by atomic mass is 9.77. The minimum absolute atomic E-state index is 0.0517. The molecule has 1 aliphatic carbocycles. The molecule has 0 spiro atoms. The van der Waals surface area contributed by atoms with Gasteiger partial charge in [-0.25, -0.2) is 4.39 Å². The van der Waals surface area contributed by atoms with Gasteiger partial charge >= 0.3 is 0 Å². The minimum atomic E-state index is -0.173. The quantitative estimate of drug-likeness (QED) is 0.838. The van der Waals surface area contributed by atoms with Crippen LogP contribution in [-0.4, -0.2) is 11.5 Å². The van der Waals surface area contributed by atoms with Gasteiger partial charge in [0.25, 0.3) is 0 Å². The Bertz CT molecular complexity index is 579. The highest BCUT2D eigenvalue weighted by molar-refractivity contribution is 5.86. The fourth-order valence-corrected chi connectivity index (χ4v) is 3.59. The maximum atomic E-state index is 13.5. The van der Waals surface area contributed by atoms with Crippen LogP contribution >= 0.6 is 0 Å². The summed E-state index contributed by atoms with van der Waals surface area (Å²) >= 11 is 0. The number of aromatic amines is 1. The van der Waals surface area contributed by atoms with Crippen LogP contribution in [0.2, 0.25) is 0 Å². The summed E-state index contributed by atoms with van der Waals surface area (Å²) in [6.45, 7) is 2.72. The van der Waals surface area contributed by atoms with E-state index in [0.29, 0.717) is 6.54 Å². The molecule has 1 heterocycles. The number of aryl methyl sites for hydroxylation is 1. The normalized spacial score (nSPS) is 18.6. The van der Waals surface area contributed by atoms with E-state index in [1.165, 1.54) is 24.5 Å². The summed E-state index contributed by atoms with van der Waals surface area (Å²) in [5, 5.41) is 1.01. The first kappa shape index (κ1) is 11.7. The molecule has 18 heavy (non-hydrogen) atoms. The number of nitrogens with one attached hydrogen (secondary N) is 1. The Labute approximate surface area is 106 Å². The van der Waals surface area contributed by atoms with Crippen molar-refractivity contribution >= 4 is 10.9 Å². The second kappa shape index (κ2) is 4.09. The maximum absolute atomic E-state index is 13.5. The van der Waals surface area contributed by atoms with Gasteiger partial charge in [0.15, 0.2) is 0 Å². The van der Waals surface area contributed by atoms with Gasteiger partial charge in [0, 0.05) is 28.6 Å². The molecular weight excluding hydrogens is 227 g/mol. The summed E-state index contributed by atoms with van der Waals surface area (Å²) in [5.74, 6) is -0.173. The lowest BCUT2D eigenvalue weighted by Gasteiger charge is -2.28. The summed E-state index contributed by atoms with van der Waals surface area (Å²) in [4.78, 5) is 3.37. The highest BCUT2D eigenvalue weighted by Gasteiger charge is 2.37. The molecule has 3 rings (SSSR count). The molecule has 0 bridgehead atoms. The molecule has 1 fully saturated rings. The number of aromatic nitrogens is 1. The van der Waals surface area contributed by atoms with Crippen molar-refractivity contribution in [3.8, 4) is 0 Å². The fraction of sp³-hybridized carbons (Fsp3) is 0.467. The third-order valence-electron chi connectivity index (χ3n) is 4.43. The Balaban J connectivity index is 2.27. The minimum Gasteiger partial charge on any atom is -0.358 e. The molecule has 1 saturated carbocycles. The number of hydrogen-bond acceptors (Lipinski definition) is 1. The van der Waals surface area contributed by atoms with E-state index in [2.05, 4.69) is 11.9 Å². The zero-order valence-electron chi connectivity index (χ0n) is 10.7. The number of H-pyrrole nitrogens is 1. The summed E-state index contributed by atoms with van der Waals surface area (Å²) in [5.41, 5.74) is 9.51. The van der Waals surface area contributed by atoms with E-state index in [1.54, 1.807) is 6.07 Å². The van der Waals surface area contributed by atoms with Gasteiger partial charge < -0.3 is 10.7 Å². The number of hydrogen-bond donors (Lipinski definition) is 2. The van der Waals surface area contributed by atoms with Gasteiger partial charge in [0.1, 0.15) is 5.82 Å². The molecule has 0 atom stereocenters. The smallest absolute Gasteiger partial charge is 0.123 e. The highest BCUT2D eigenvalue weighted by atomic mass is 19.1. The molecule has 2 nitrogen and oxygen atoms in total. The van der Waals surface area contributed by atoms with Crippen molar-refractivity contribution in [2.75, 3.05) is 6.54 Å². The van der Waals surface area contributed by atoms with Crippen molar-refractivity contribution < 1.29 is 4.39 Å². The molecule has 2 aromatic rings. The van der Waals surface area contributed by atoms with Crippen molar-refractivity contribution in [1.29, 1.82) is 0 Å². The Morgan fingerprint density at radius 3 is 2.72 bits per heavy atom. The molecule has 3 N–H and O–H groups in total. The molecule has 1 aromatic heterocycles. The van der Waals surface area contributed by atoms with Gasteiger partial charge in [-0.15, -0.1) is 0 Å². The van der Waals surface area contributed by atoms with Crippen molar-refractivity contribution in [3.05, 3.63) is 35.3 Å². The van der Waals surface area contributed by atoms with Crippen LogP contribution in [0.15, 0.2) is 18.2 Å². The first-order chi connectivity index (χ1) is 8.66. The SMILES string of the molecule is Cc1[nH]c2ccc(F)cc2c1C1(CN)CCCC1. The average Bonchev–Trinajstić information content (AvgIpc) is 2.93. The zero-order valence-corrected chi connectivity index (χ0v) is 10.7. The fourth-order valence-electron chi connectivity index (χ4n) is 3.59. The van der Waals surface area contributed by atoms with Crippen LogP contribution in [-0.2, 0) is 5.41 Å². The van der Waals surface area contributed by atoms with Gasteiger partial charge in [-0.3, -0.25) is 0 Å². The van der Waals surface area contributed by atoms with Crippen molar-refractivity contribution in [2.45, 2.75) is 38.0 Å². The Hall–Kier alpha value is -1.35. The first-order valence-electron chi connectivity index (χ1n) is 6.65. The lowest BCUT2D eigenvalue weighted by molar-refractivity contribution is 0.454. The molecule has 0 radical (unpaired) electrons. The van der Waals surface area contributed by atoms with Gasteiger partial charge in [-0.1, -0.05) is 12.8 Å². The summed E-state index contributed by atoms with van der Waals surface area (Å²) in [6, 6.07) is 4.97. The third kappa shape index (κ3) is 1.57. The second-order valence-electron chi connectivity index (χ2n) is 5.51. The predicted octanol–water partition coefficient (Wildman–Crippen LogP) is 3.39. The third-order valence-corrected chi connectivity index (χ3v) is 4.43. The molecule has 1 aromatic carbocycles. The van der Waals surface area contributed by atoms with Crippen LogP contribution in [0.5, 0.6) is 0 Å². The van der Waals surface area contributed by atoms with E-state index in [0.717, 1.165) is 29.4 Å². The molecule has 96 valence electrons. The van der Waals surface area contributed by atoms with Crippen LogP contribution in [0.4, 0.5) is 4.39 Å². The molecule has 0 amide bonds. The molecule has 0 unspecified atom stereocenters. The van der Waals surface area contributed by atoms with Gasteiger partial charge in [-0.2, -0.15) is 0 Å². The molecule has 0 aliphatic heterocycles. The average molecular weight is 246 g/mol. The highest BCUT2D eigenvalue weighted by Crippen LogP contribution is 2.44.